The number of ether oxygens (including phenoxy) is 1. The molecule has 24 heavy (non-hydrogen) atoms. The second-order valence-corrected chi connectivity index (χ2v) is 5.80. The third-order valence-electron chi connectivity index (χ3n) is 4.18. The second-order valence-electron chi connectivity index (χ2n) is 5.80. The van der Waals surface area contributed by atoms with E-state index in [4.69, 9.17) is 4.74 Å². The van der Waals surface area contributed by atoms with E-state index in [9.17, 15) is 4.79 Å². The van der Waals surface area contributed by atoms with E-state index in [-0.39, 0.29) is 5.91 Å². The van der Waals surface area contributed by atoms with Crippen LogP contribution in [0.2, 0.25) is 0 Å². The lowest BCUT2D eigenvalue weighted by atomic mass is 10.1. The molecule has 0 fully saturated rings. The van der Waals surface area contributed by atoms with Gasteiger partial charge in [0.25, 0.3) is 5.91 Å². The number of rotatable bonds is 3. The first-order valence-electron chi connectivity index (χ1n) is 7.98. The van der Waals surface area contributed by atoms with Gasteiger partial charge in [0.2, 0.25) is 6.23 Å². The Morgan fingerprint density at radius 3 is 2.17 bits per heavy atom. The smallest absolute Gasteiger partial charge is 0.261 e. The fourth-order valence-corrected chi connectivity index (χ4v) is 2.99. The van der Waals surface area contributed by atoms with Gasteiger partial charge in [-0.1, -0.05) is 72.8 Å². The molecule has 3 heteroatoms. The van der Waals surface area contributed by atoms with E-state index in [0.717, 1.165) is 11.1 Å². The molecule has 0 bridgehead atoms. The minimum Gasteiger partial charge on any atom is -0.465 e. The molecule has 0 N–H and O–H groups in total. The Labute approximate surface area is 141 Å². The van der Waals surface area contributed by atoms with Crippen molar-refractivity contribution in [1.82, 2.24) is 4.90 Å². The topological polar surface area (TPSA) is 29.5 Å². The highest BCUT2D eigenvalue weighted by molar-refractivity contribution is 5.98. The van der Waals surface area contributed by atoms with Crippen LogP contribution < -0.4 is 4.74 Å². The summed E-state index contributed by atoms with van der Waals surface area (Å²) in [6, 6.07) is 27.3. The van der Waals surface area contributed by atoms with Crippen LogP contribution in [0.15, 0.2) is 84.9 Å². The van der Waals surface area contributed by atoms with Gasteiger partial charge in [-0.25, -0.2) is 0 Å². The van der Waals surface area contributed by atoms with Crippen LogP contribution in [-0.2, 0) is 6.54 Å². The van der Waals surface area contributed by atoms with Gasteiger partial charge in [-0.2, -0.15) is 0 Å². The maximum Gasteiger partial charge on any atom is 0.261 e. The molecule has 0 spiro atoms. The first kappa shape index (κ1) is 14.5. The highest BCUT2D eigenvalue weighted by Gasteiger charge is 2.34. The summed E-state index contributed by atoms with van der Waals surface area (Å²) in [6.45, 7) is 0.508. The molecule has 3 aromatic rings. The average molecular weight is 315 g/mol. The summed E-state index contributed by atoms with van der Waals surface area (Å²) in [5, 5.41) is 0. The molecule has 118 valence electrons. The molecule has 1 aliphatic heterocycles. The SMILES string of the molecule is O=C1c2ccccc2OC(c2ccccc2)N1Cc1ccccc1. The van der Waals surface area contributed by atoms with Gasteiger partial charge >= 0.3 is 0 Å². The zero-order chi connectivity index (χ0) is 16.4. The van der Waals surface area contributed by atoms with Crippen LogP contribution in [0.1, 0.15) is 27.7 Å². The van der Waals surface area contributed by atoms with Crippen LogP contribution in [0.5, 0.6) is 5.75 Å². The van der Waals surface area contributed by atoms with Gasteiger partial charge in [-0.15, -0.1) is 0 Å². The number of carbonyl (C=O) groups excluding carboxylic acids is 1. The van der Waals surface area contributed by atoms with Crippen LogP contribution in [0.25, 0.3) is 0 Å². The lowest BCUT2D eigenvalue weighted by molar-refractivity contribution is 0.00472. The Balaban J connectivity index is 1.76. The summed E-state index contributed by atoms with van der Waals surface area (Å²) in [7, 11) is 0. The summed E-state index contributed by atoms with van der Waals surface area (Å²) < 4.78 is 6.18. The molecule has 3 aromatic carbocycles. The fourth-order valence-electron chi connectivity index (χ4n) is 2.99. The Morgan fingerprint density at radius 1 is 0.792 bits per heavy atom. The van der Waals surface area contributed by atoms with E-state index in [1.54, 1.807) is 4.90 Å². The van der Waals surface area contributed by atoms with Crippen LogP contribution >= 0.6 is 0 Å². The monoisotopic (exact) mass is 315 g/mol. The highest BCUT2D eigenvalue weighted by atomic mass is 16.5. The molecule has 4 rings (SSSR count). The summed E-state index contributed by atoms with van der Waals surface area (Å²) in [6.07, 6.45) is -0.422. The van der Waals surface area contributed by atoms with Crippen molar-refractivity contribution < 1.29 is 9.53 Å². The van der Waals surface area contributed by atoms with E-state index in [0.29, 0.717) is 17.9 Å². The predicted molar refractivity (Wildman–Crippen MR) is 92.6 cm³/mol. The minimum atomic E-state index is -0.422. The number of amides is 1. The molecule has 3 nitrogen and oxygen atoms in total. The van der Waals surface area contributed by atoms with Gasteiger partial charge in [0, 0.05) is 12.1 Å². The first-order valence-corrected chi connectivity index (χ1v) is 7.98. The van der Waals surface area contributed by atoms with Gasteiger partial charge in [0.05, 0.1) is 5.56 Å². The molecule has 0 saturated carbocycles. The molecule has 1 atom stereocenters. The van der Waals surface area contributed by atoms with Gasteiger partial charge in [-0.05, 0) is 17.7 Å². The van der Waals surface area contributed by atoms with Gasteiger partial charge in [-0.3, -0.25) is 9.69 Å². The second kappa shape index (κ2) is 6.20. The molecule has 1 aliphatic rings. The van der Waals surface area contributed by atoms with E-state index in [1.165, 1.54) is 0 Å². The summed E-state index contributed by atoms with van der Waals surface area (Å²) in [5.74, 6) is 0.634. The van der Waals surface area contributed by atoms with Crippen molar-refractivity contribution in [3.8, 4) is 5.75 Å². The van der Waals surface area contributed by atoms with Crippen LogP contribution in [0, 0.1) is 0 Å². The lowest BCUT2D eigenvalue weighted by Gasteiger charge is -2.37. The zero-order valence-electron chi connectivity index (χ0n) is 13.1. The van der Waals surface area contributed by atoms with Crippen molar-refractivity contribution in [2.45, 2.75) is 12.8 Å². The Bertz CT molecular complexity index is 846. The Hall–Kier alpha value is -3.07. The van der Waals surface area contributed by atoms with Crippen LogP contribution in [-0.4, -0.2) is 10.8 Å². The van der Waals surface area contributed by atoms with E-state index >= 15 is 0 Å². The molecule has 0 radical (unpaired) electrons. The molecular weight excluding hydrogens is 298 g/mol. The largest absolute Gasteiger partial charge is 0.465 e. The molecule has 0 aliphatic carbocycles. The van der Waals surface area contributed by atoms with Crippen molar-refractivity contribution in [2.24, 2.45) is 0 Å². The summed E-state index contributed by atoms with van der Waals surface area (Å²) >= 11 is 0. The quantitative estimate of drug-likeness (QED) is 0.716. The van der Waals surface area contributed by atoms with E-state index in [2.05, 4.69) is 0 Å². The molecule has 0 aromatic heterocycles. The third-order valence-corrected chi connectivity index (χ3v) is 4.18. The number of nitrogens with zero attached hydrogens (tertiary/aromatic N) is 1. The molecular formula is C21H17NO2. The van der Waals surface area contributed by atoms with Gasteiger partial charge in [0.15, 0.2) is 0 Å². The Kier molecular flexibility index (Phi) is 3.75. The fraction of sp³-hybridized carbons (Fsp3) is 0.0952. The van der Waals surface area contributed by atoms with Crippen molar-refractivity contribution >= 4 is 5.91 Å². The van der Waals surface area contributed by atoms with Crippen LogP contribution in [0.4, 0.5) is 0 Å². The Morgan fingerprint density at radius 2 is 1.42 bits per heavy atom. The van der Waals surface area contributed by atoms with E-state index < -0.39 is 6.23 Å². The highest BCUT2D eigenvalue weighted by Crippen LogP contribution is 2.35. The van der Waals surface area contributed by atoms with Crippen molar-refractivity contribution in [3.05, 3.63) is 102 Å². The molecule has 1 unspecified atom stereocenters. The molecule has 0 saturated heterocycles. The van der Waals surface area contributed by atoms with Crippen molar-refractivity contribution in [3.63, 3.8) is 0 Å². The summed E-state index contributed by atoms with van der Waals surface area (Å²) in [5.41, 5.74) is 2.66. The maximum atomic E-state index is 13.1. The lowest BCUT2D eigenvalue weighted by Crippen LogP contribution is -2.41. The standard InChI is InChI=1S/C21H17NO2/c23-20-18-13-7-8-14-19(18)24-21(17-11-5-2-6-12-17)22(20)15-16-9-3-1-4-10-16/h1-14,21H,15H2. The van der Waals surface area contributed by atoms with Crippen molar-refractivity contribution in [2.75, 3.05) is 0 Å². The normalized spacial score (nSPS) is 16.4. The van der Waals surface area contributed by atoms with Gasteiger partial charge in [0.1, 0.15) is 5.75 Å². The first-order chi connectivity index (χ1) is 11.8. The van der Waals surface area contributed by atoms with Crippen LogP contribution in [0.3, 0.4) is 0 Å². The number of benzene rings is 3. The van der Waals surface area contributed by atoms with E-state index in [1.807, 2.05) is 84.9 Å². The number of hydrogen-bond acceptors (Lipinski definition) is 2. The number of para-hydroxylation sites is 1. The van der Waals surface area contributed by atoms with Gasteiger partial charge < -0.3 is 4.74 Å². The number of fused-ring (bicyclic) bond motifs is 1. The predicted octanol–water partition coefficient (Wildman–Crippen LogP) is 4.42. The summed E-state index contributed by atoms with van der Waals surface area (Å²) in [4.78, 5) is 14.8. The molecule has 1 amide bonds. The third kappa shape index (κ3) is 2.65. The number of carbonyl (C=O) groups is 1. The van der Waals surface area contributed by atoms with Crippen molar-refractivity contribution in [1.29, 1.82) is 0 Å². The number of hydrogen-bond donors (Lipinski definition) is 0. The molecule has 1 heterocycles. The average Bonchev–Trinajstić information content (AvgIpc) is 2.65. The maximum absolute atomic E-state index is 13.1. The zero-order valence-corrected chi connectivity index (χ0v) is 13.1. The minimum absolute atomic E-state index is 0.00504.